The van der Waals surface area contributed by atoms with E-state index in [1.807, 2.05) is 0 Å². The highest BCUT2D eigenvalue weighted by Gasteiger charge is 2.23. The molecule has 0 atom stereocenters. The van der Waals surface area contributed by atoms with Crippen molar-refractivity contribution in [2.45, 2.75) is 6.42 Å². The smallest absolute Gasteiger partial charge is 0.0491 e. The van der Waals surface area contributed by atoms with Crippen molar-refractivity contribution in [3.63, 3.8) is 0 Å². The van der Waals surface area contributed by atoms with Crippen molar-refractivity contribution in [3.8, 4) is 11.1 Å². The van der Waals surface area contributed by atoms with Gasteiger partial charge >= 0.3 is 0 Å². The summed E-state index contributed by atoms with van der Waals surface area (Å²) in [4.78, 5) is 4.82. The van der Waals surface area contributed by atoms with Gasteiger partial charge in [0.05, 0.1) is 0 Å². The maximum absolute atomic E-state index is 2.51. The Balaban J connectivity index is 1.18. The van der Waals surface area contributed by atoms with E-state index in [0.717, 1.165) is 30.0 Å². The molecule has 0 fully saturated rings. The van der Waals surface area contributed by atoms with Crippen molar-refractivity contribution < 1.29 is 0 Å². The van der Waals surface area contributed by atoms with Gasteiger partial charge in [0.1, 0.15) is 0 Å². The van der Waals surface area contributed by atoms with Crippen LogP contribution in [0.5, 0.6) is 0 Å². The van der Waals surface area contributed by atoms with Gasteiger partial charge in [0.15, 0.2) is 0 Å². The number of rotatable bonds is 5. The third-order valence-electron chi connectivity index (χ3n) is 9.28. The van der Waals surface area contributed by atoms with E-state index in [1.54, 1.807) is 0 Å². The first-order chi connectivity index (χ1) is 21.8. The van der Waals surface area contributed by atoms with Crippen molar-refractivity contribution in [1.29, 1.82) is 0 Å². The molecule has 0 unspecified atom stereocenters. The minimum absolute atomic E-state index is 1.02. The lowest BCUT2D eigenvalue weighted by Crippen LogP contribution is -2.13. The van der Waals surface area contributed by atoms with Crippen LogP contribution in [0.15, 0.2) is 158 Å². The van der Waals surface area contributed by atoms with E-state index in [-0.39, 0.29) is 0 Å². The van der Waals surface area contributed by atoms with E-state index in [2.05, 4.69) is 168 Å². The standard InChI is InChI=1S/C42H30N2/c1-3-10-33(11-4-1)44(34-12-5-2-6-13-34)35-21-15-29(16-22-35)36-23-17-31-19-25-38-40(43-28-27-30-9-7-8-14-39(30)43)26-20-32-18-24-37(36)41(31)42(32)38/h1-26H,27-28H2. The normalized spacial score (nSPS) is 12.8. The molecule has 0 radical (unpaired) electrons. The minimum atomic E-state index is 1.02. The van der Waals surface area contributed by atoms with Gasteiger partial charge in [-0.05, 0) is 98.6 Å². The third kappa shape index (κ3) is 3.88. The van der Waals surface area contributed by atoms with Crippen LogP contribution >= 0.6 is 0 Å². The van der Waals surface area contributed by atoms with Crippen molar-refractivity contribution in [3.05, 3.63) is 163 Å². The molecule has 0 saturated heterocycles. The fourth-order valence-corrected chi connectivity index (χ4v) is 7.25. The van der Waals surface area contributed by atoms with Crippen molar-refractivity contribution in [2.24, 2.45) is 0 Å². The van der Waals surface area contributed by atoms with Crippen molar-refractivity contribution in [2.75, 3.05) is 16.3 Å². The Labute approximate surface area is 257 Å². The number of para-hydroxylation sites is 3. The number of benzene rings is 8. The summed E-state index contributed by atoms with van der Waals surface area (Å²) < 4.78 is 0. The largest absolute Gasteiger partial charge is 0.340 e. The lowest BCUT2D eigenvalue weighted by molar-refractivity contribution is 1.00. The summed E-state index contributed by atoms with van der Waals surface area (Å²) in [5.74, 6) is 0. The summed E-state index contributed by atoms with van der Waals surface area (Å²) in [5.41, 5.74) is 9.98. The summed E-state index contributed by atoms with van der Waals surface area (Å²) in [6.45, 7) is 1.02. The average molecular weight is 563 g/mol. The number of hydrogen-bond donors (Lipinski definition) is 0. The Morgan fingerprint density at radius 3 is 1.73 bits per heavy atom. The molecule has 0 spiro atoms. The van der Waals surface area contributed by atoms with Crippen LogP contribution in [0.4, 0.5) is 28.4 Å². The highest BCUT2D eigenvalue weighted by Crippen LogP contribution is 2.45. The molecular formula is C42H30N2. The van der Waals surface area contributed by atoms with Gasteiger partial charge in [0.2, 0.25) is 0 Å². The minimum Gasteiger partial charge on any atom is -0.340 e. The molecule has 0 amide bonds. The van der Waals surface area contributed by atoms with Gasteiger partial charge in [0, 0.05) is 40.4 Å². The fourth-order valence-electron chi connectivity index (χ4n) is 7.25. The number of nitrogens with zero attached hydrogens (tertiary/aromatic N) is 2. The van der Waals surface area contributed by atoms with E-state index >= 15 is 0 Å². The number of hydrogen-bond acceptors (Lipinski definition) is 2. The van der Waals surface area contributed by atoms with Gasteiger partial charge in [-0.1, -0.05) is 109 Å². The molecule has 1 aliphatic rings. The molecule has 8 aromatic rings. The second-order valence-corrected chi connectivity index (χ2v) is 11.7. The van der Waals surface area contributed by atoms with Crippen LogP contribution in [0.3, 0.4) is 0 Å². The summed E-state index contributed by atoms with van der Waals surface area (Å²) in [6, 6.07) is 57.5. The van der Waals surface area contributed by atoms with Gasteiger partial charge in [-0.2, -0.15) is 0 Å². The predicted octanol–water partition coefficient (Wildman–Crippen LogP) is 11.4. The first kappa shape index (κ1) is 24.9. The summed E-state index contributed by atoms with van der Waals surface area (Å²) in [5, 5.41) is 7.92. The zero-order valence-electron chi connectivity index (χ0n) is 24.3. The van der Waals surface area contributed by atoms with Crippen LogP contribution in [-0.2, 0) is 6.42 Å². The van der Waals surface area contributed by atoms with E-state index in [4.69, 9.17) is 0 Å². The zero-order chi connectivity index (χ0) is 29.0. The van der Waals surface area contributed by atoms with Gasteiger partial charge in [-0.25, -0.2) is 0 Å². The van der Waals surface area contributed by atoms with Crippen molar-refractivity contribution >= 4 is 60.8 Å². The third-order valence-corrected chi connectivity index (χ3v) is 9.28. The molecule has 0 aromatic heterocycles. The molecule has 0 bridgehead atoms. The Morgan fingerprint density at radius 1 is 0.432 bits per heavy atom. The van der Waals surface area contributed by atoms with Crippen LogP contribution in [0, 0.1) is 0 Å². The molecule has 1 heterocycles. The second kappa shape index (κ2) is 10.00. The first-order valence-corrected chi connectivity index (χ1v) is 15.4. The molecular weight excluding hydrogens is 532 g/mol. The van der Waals surface area contributed by atoms with E-state index in [0.29, 0.717) is 0 Å². The Bertz CT molecular complexity index is 2230. The predicted molar refractivity (Wildman–Crippen MR) is 187 cm³/mol. The van der Waals surface area contributed by atoms with Gasteiger partial charge in [0.25, 0.3) is 0 Å². The van der Waals surface area contributed by atoms with Crippen molar-refractivity contribution in [1.82, 2.24) is 0 Å². The first-order valence-electron chi connectivity index (χ1n) is 15.4. The van der Waals surface area contributed by atoms with Crippen LogP contribution in [0.2, 0.25) is 0 Å². The molecule has 0 aliphatic carbocycles. The Morgan fingerprint density at radius 2 is 1.00 bits per heavy atom. The molecule has 8 aromatic carbocycles. The molecule has 1 aliphatic heterocycles. The van der Waals surface area contributed by atoms with Gasteiger partial charge in [-0.3, -0.25) is 0 Å². The SMILES string of the molecule is c1ccc(N(c2ccccc2)c2ccc(-c3ccc4ccc5c(N6CCc7ccccc76)ccc6ccc3c4c65)cc2)cc1. The molecule has 9 rings (SSSR count). The monoisotopic (exact) mass is 562 g/mol. The Hall–Kier alpha value is -5.60. The molecule has 44 heavy (non-hydrogen) atoms. The van der Waals surface area contributed by atoms with Crippen LogP contribution in [-0.4, -0.2) is 6.54 Å². The van der Waals surface area contributed by atoms with Crippen LogP contribution in [0.1, 0.15) is 5.56 Å². The van der Waals surface area contributed by atoms with Crippen LogP contribution in [0.25, 0.3) is 43.4 Å². The molecule has 0 N–H and O–H groups in total. The van der Waals surface area contributed by atoms with Gasteiger partial charge in [-0.15, -0.1) is 0 Å². The maximum Gasteiger partial charge on any atom is 0.0491 e. The Kier molecular flexibility index (Phi) is 5.67. The highest BCUT2D eigenvalue weighted by atomic mass is 15.2. The van der Waals surface area contributed by atoms with E-state index in [1.165, 1.54) is 60.4 Å². The molecule has 0 saturated carbocycles. The molecule has 2 nitrogen and oxygen atoms in total. The quantitative estimate of drug-likeness (QED) is 0.193. The topological polar surface area (TPSA) is 6.48 Å². The zero-order valence-corrected chi connectivity index (χ0v) is 24.3. The number of anilines is 5. The summed E-state index contributed by atoms with van der Waals surface area (Å²) >= 11 is 0. The van der Waals surface area contributed by atoms with Crippen LogP contribution < -0.4 is 9.80 Å². The molecule has 2 heteroatoms. The van der Waals surface area contributed by atoms with E-state index in [9.17, 15) is 0 Å². The average Bonchev–Trinajstić information content (AvgIpc) is 3.52. The maximum atomic E-state index is 2.51. The van der Waals surface area contributed by atoms with E-state index < -0.39 is 0 Å². The lowest BCUT2D eigenvalue weighted by Gasteiger charge is -2.25. The molecule has 208 valence electrons. The second-order valence-electron chi connectivity index (χ2n) is 11.7. The summed E-state index contributed by atoms with van der Waals surface area (Å²) in [6.07, 6.45) is 1.09. The number of fused-ring (bicyclic) bond motifs is 1. The fraction of sp³-hybridized carbons (Fsp3) is 0.0476. The lowest BCUT2D eigenvalue weighted by atomic mass is 9.89. The summed E-state index contributed by atoms with van der Waals surface area (Å²) in [7, 11) is 0. The highest BCUT2D eigenvalue weighted by molar-refractivity contribution is 6.27. The van der Waals surface area contributed by atoms with Gasteiger partial charge < -0.3 is 9.80 Å².